The Labute approximate surface area is 113 Å². The summed E-state index contributed by atoms with van der Waals surface area (Å²) in [4.78, 5) is 15.7. The molecule has 1 N–H and O–H groups in total. The molecule has 0 aliphatic rings. The molecule has 0 bridgehead atoms. The molecule has 0 spiro atoms. The first-order valence-corrected chi connectivity index (χ1v) is 6.70. The predicted octanol–water partition coefficient (Wildman–Crippen LogP) is 3.33. The van der Waals surface area contributed by atoms with E-state index >= 15 is 0 Å². The van der Waals surface area contributed by atoms with E-state index in [9.17, 15) is 9.90 Å². The Kier molecular flexibility index (Phi) is 2.83. The number of ether oxygens (including phenoxy) is 1. The number of hydrogen-bond acceptors (Lipinski definition) is 5. The number of nitrogens with zero attached hydrogens (tertiary/aromatic N) is 1. The summed E-state index contributed by atoms with van der Waals surface area (Å²) in [6.07, 6.45) is 1.61. The number of thiophene rings is 1. The Bertz CT molecular complexity index is 779. The van der Waals surface area contributed by atoms with Crippen LogP contribution < -0.4 is 0 Å². The Morgan fingerprint density at radius 1 is 1.37 bits per heavy atom. The lowest BCUT2D eigenvalue weighted by molar-refractivity contribution is 0.0516. The molecular weight excluding hydrogens is 262 g/mol. The van der Waals surface area contributed by atoms with Crippen molar-refractivity contribution in [3.63, 3.8) is 0 Å². The Morgan fingerprint density at radius 3 is 2.95 bits per heavy atom. The molecule has 0 amide bonds. The average Bonchev–Trinajstić information content (AvgIpc) is 2.79. The lowest BCUT2D eigenvalue weighted by Gasteiger charge is -2.03. The normalized spacial score (nSPS) is 11.0. The fourth-order valence-corrected chi connectivity index (χ4v) is 3.14. The standard InChI is InChI=1S/C14H11NO3S/c1-2-18-14(17)11-12(16)13-9(7-15-11)8-5-3-4-6-10(8)19-13/h3-7,16H,2H2,1H3. The highest BCUT2D eigenvalue weighted by molar-refractivity contribution is 7.26. The molecule has 0 atom stereocenters. The van der Waals surface area contributed by atoms with Crippen molar-refractivity contribution < 1.29 is 14.6 Å². The summed E-state index contributed by atoms with van der Waals surface area (Å²) in [7, 11) is 0. The van der Waals surface area contributed by atoms with Gasteiger partial charge in [0.05, 0.1) is 11.3 Å². The summed E-state index contributed by atoms with van der Waals surface area (Å²) in [6, 6.07) is 7.82. The van der Waals surface area contributed by atoms with Crippen molar-refractivity contribution in [2.45, 2.75) is 6.92 Å². The topological polar surface area (TPSA) is 59.4 Å². The van der Waals surface area contributed by atoms with Crippen LogP contribution in [0.4, 0.5) is 0 Å². The zero-order valence-electron chi connectivity index (χ0n) is 10.2. The SMILES string of the molecule is CCOC(=O)c1ncc2c(sc3ccccc32)c1O. The quantitative estimate of drug-likeness (QED) is 0.727. The Hall–Kier alpha value is -2.14. The third-order valence-electron chi connectivity index (χ3n) is 2.86. The molecule has 5 heteroatoms. The van der Waals surface area contributed by atoms with E-state index in [1.807, 2.05) is 24.3 Å². The minimum absolute atomic E-state index is 0.0269. The zero-order valence-corrected chi connectivity index (χ0v) is 11.0. The van der Waals surface area contributed by atoms with E-state index in [0.717, 1.165) is 15.5 Å². The number of esters is 1. The van der Waals surface area contributed by atoms with Crippen LogP contribution in [-0.2, 0) is 4.74 Å². The van der Waals surface area contributed by atoms with Crippen molar-refractivity contribution in [2.75, 3.05) is 6.61 Å². The minimum Gasteiger partial charge on any atom is -0.504 e. The predicted molar refractivity (Wildman–Crippen MR) is 74.7 cm³/mol. The van der Waals surface area contributed by atoms with Crippen molar-refractivity contribution in [3.8, 4) is 5.75 Å². The molecule has 0 radical (unpaired) electrons. The van der Waals surface area contributed by atoms with Gasteiger partial charge in [-0.3, -0.25) is 0 Å². The number of carbonyl (C=O) groups excluding carboxylic acids is 1. The Morgan fingerprint density at radius 2 is 2.16 bits per heavy atom. The van der Waals surface area contributed by atoms with Crippen LogP contribution in [0.1, 0.15) is 17.4 Å². The molecule has 1 aromatic carbocycles. The Balaban J connectivity index is 2.27. The minimum atomic E-state index is -0.598. The second kappa shape index (κ2) is 4.51. The molecule has 0 unspecified atom stereocenters. The molecule has 3 aromatic rings. The van der Waals surface area contributed by atoms with Crippen molar-refractivity contribution in [1.29, 1.82) is 0 Å². The van der Waals surface area contributed by atoms with Gasteiger partial charge >= 0.3 is 5.97 Å². The average molecular weight is 273 g/mol. The monoisotopic (exact) mass is 273 g/mol. The van der Waals surface area contributed by atoms with E-state index < -0.39 is 5.97 Å². The van der Waals surface area contributed by atoms with Gasteiger partial charge in [0.15, 0.2) is 11.4 Å². The van der Waals surface area contributed by atoms with Crippen LogP contribution in [0, 0.1) is 0 Å². The van der Waals surface area contributed by atoms with Crippen LogP contribution in [0.15, 0.2) is 30.5 Å². The lowest BCUT2D eigenvalue weighted by Crippen LogP contribution is -2.07. The molecule has 2 aromatic heterocycles. The molecule has 0 saturated carbocycles. The second-order valence-electron chi connectivity index (χ2n) is 4.02. The van der Waals surface area contributed by atoms with Gasteiger partial charge in [0, 0.05) is 21.7 Å². The molecule has 0 saturated heterocycles. The molecular formula is C14H11NO3S. The summed E-state index contributed by atoms with van der Waals surface area (Å²) in [5.74, 6) is -0.698. The molecule has 4 nitrogen and oxygen atoms in total. The van der Waals surface area contributed by atoms with E-state index in [1.54, 1.807) is 13.1 Å². The smallest absolute Gasteiger partial charge is 0.360 e. The molecule has 2 heterocycles. The third kappa shape index (κ3) is 1.82. The van der Waals surface area contributed by atoms with Crippen molar-refractivity contribution >= 4 is 37.5 Å². The number of fused-ring (bicyclic) bond motifs is 3. The zero-order chi connectivity index (χ0) is 13.4. The number of aromatic hydroxyl groups is 1. The van der Waals surface area contributed by atoms with Crippen LogP contribution in [0.25, 0.3) is 20.2 Å². The summed E-state index contributed by atoms with van der Waals surface area (Å²) in [5, 5.41) is 12.1. The first kappa shape index (κ1) is 11.9. The van der Waals surface area contributed by atoms with Gasteiger partial charge in [-0.1, -0.05) is 18.2 Å². The molecule has 0 aliphatic heterocycles. The maximum absolute atomic E-state index is 11.7. The van der Waals surface area contributed by atoms with E-state index in [4.69, 9.17) is 4.74 Å². The molecule has 96 valence electrons. The van der Waals surface area contributed by atoms with Gasteiger partial charge < -0.3 is 9.84 Å². The molecule has 19 heavy (non-hydrogen) atoms. The van der Waals surface area contributed by atoms with Gasteiger partial charge in [-0.2, -0.15) is 0 Å². The number of pyridine rings is 1. The first-order valence-electron chi connectivity index (χ1n) is 5.88. The van der Waals surface area contributed by atoms with Gasteiger partial charge in [-0.15, -0.1) is 11.3 Å². The largest absolute Gasteiger partial charge is 0.504 e. The molecule has 3 rings (SSSR count). The number of aromatic nitrogens is 1. The third-order valence-corrected chi connectivity index (χ3v) is 4.06. The van der Waals surface area contributed by atoms with Gasteiger partial charge in [0.1, 0.15) is 0 Å². The summed E-state index contributed by atoms with van der Waals surface area (Å²) in [5.41, 5.74) is -0.0269. The van der Waals surface area contributed by atoms with E-state index in [2.05, 4.69) is 4.98 Å². The van der Waals surface area contributed by atoms with Crippen LogP contribution >= 0.6 is 11.3 Å². The summed E-state index contributed by atoms with van der Waals surface area (Å²) in [6.45, 7) is 1.97. The highest BCUT2D eigenvalue weighted by atomic mass is 32.1. The van der Waals surface area contributed by atoms with E-state index in [0.29, 0.717) is 4.70 Å². The summed E-state index contributed by atoms with van der Waals surface area (Å²) < 4.78 is 6.59. The highest BCUT2D eigenvalue weighted by Gasteiger charge is 2.19. The molecule has 0 fully saturated rings. The van der Waals surface area contributed by atoms with Crippen molar-refractivity contribution in [3.05, 3.63) is 36.2 Å². The molecule has 0 aliphatic carbocycles. The fourth-order valence-electron chi connectivity index (χ4n) is 2.02. The first-order chi connectivity index (χ1) is 9.22. The van der Waals surface area contributed by atoms with Crippen LogP contribution in [0.3, 0.4) is 0 Å². The van der Waals surface area contributed by atoms with Crippen molar-refractivity contribution in [2.24, 2.45) is 0 Å². The number of hydrogen-bond donors (Lipinski definition) is 1. The highest BCUT2D eigenvalue weighted by Crippen LogP contribution is 2.39. The van der Waals surface area contributed by atoms with Crippen molar-refractivity contribution in [1.82, 2.24) is 4.98 Å². The van der Waals surface area contributed by atoms with E-state index in [-0.39, 0.29) is 18.1 Å². The lowest BCUT2D eigenvalue weighted by atomic mass is 10.2. The van der Waals surface area contributed by atoms with Gasteiger partial charge in [-0.05, 0) is 13.0 Å². The maximum Gasteiger partial charge on any atom is 0.360 e. The number of carbonyl (C=O) groups is 1. The fraction of sp³-hybridized carbons (Fsp3) is 0.143. The van der Waals surface area contributed by atoms with E-state index in [1.165, 1.54) is 11.3 Å². The van der Waals surface area contributed by atoms with Gasteiger partial charge in [0.25, 0.3) is 0 Å². The maximum atomic E-state index is 11.7. The van der Waals surface area contributed by atoms with Crippen LogP contribution in [0.2, 0.25) is 0 Å². The van der Waals surface area contributed by atoms with Gasteiger partial charge in [0.2, 0.25) is 0 Å². The van der Waals surface area contributed by atoms with Gasteiger partial charge in [-0.25, -0.2) is 9.78 Å². The van der Waals surface area contributed by atoms with Crippen LogP contribution in [-0.4, -0.2) is 22.7 Å². The summed E-state index contributed by atoms with van der Waals surface area (Å²) >= 11 is 1.44. The number of benzene rings is 1. The van der Waals surface area contributed by atoms with Crippen LogP contribution in [0.5, 0.6) is 5.75 Å². The number of rotatable bonds is 2. The second-order valence-corrected chi connectivity index (χ2v) is 5.07.